The first-order valence-electron chi connectivity index (χ1n) is 7.55. The Kier molecular flexibility index (Phi) is 5.55. The van der Waals surface area contributed by atoms with E-state index in [4.69, 9.17) is 4.74 Å². The third-order valence-corrected chi connectivity index (χ3v) is 3.52. The molecule has 0 radical (unpaired) electrons. The Hall–Kier alpha value is -1.63. The zero-order valence-corrected chi connectivity index (χ0v) is 13.5. The fourth-order valence-corrected chi connectivity index (χ4v) is 2.40. The summed E-state index contributed by atoms with van der Waals surface area (Å²) in [6, 6.07) is 0. The highest BCUT2D eigenvalue weighted by atomic mass is 16.5. The van der Waals surface area contributed by atoms with Gasteiger partial charge in [-0.3, -0.25) is 0 Å². The van der Waals surface area contributed by atoms with Crippen LogP contribution in [0.1, 0.15) is 19.8 Å². The number of nitrogens with one attached hydrogen (secondary N) is 1. The van der Waals surface area contributed by atoms with E-state index in [-0.39, 0.29) is 0 Å². The van der Waals surface area contributed by atoms with E-state index in [1.165, 1.54) is 0 Å². The van der Waals surface area contributed by atoms with E-state index in [2.05, 4.69) is 32.1 Å². The van der Waals surface area contributed by atoms with Crippen molar-refractivity contribution in [2.24, 2.45) is 5.92 Å². The quantitative estimate of drug-likeness (QED) is 0.811. The number of hydrogen-bond acceptors (Lipinski definition) is 7. The third kappa shape index (κ3) is 4.17. The lowest BCUT2D eigenvalue weighted by molar-refractivity contribution is 0.161. The van der Waals surface area contributed by atoms with Crippen LogP contribution in [0.3, 0.4) is 0 Å². The van der Waals surface area contributed by atoms with Crippen molar-refractivity contribution in [3.8, 4) is 0 Å². The van der Waals surface area contributed by atoms with Crippen molar-refractivity contribution in [3.05, 3.63) is 0 Å². The molecule has 1 fully saturated rings. The Morgan fingerprint density at radius 3 is 2.81 bits per heavy atom. The zero-order valence-electron chi connectivity index (χ0n) is 13.5. The first kappa shape index (κ1) is 15.8. The monoisotopic (exact) mass is 294 g/mol. The van der Waals surface area contributed by atoms with Crippen molar-refractivity contribution >= 4 is 17.8 Å². The fourth-order valence-electron chi connectivity index (χ4n) is 2.40. The lowest BCUT2D eigenvalue weighted by Gasteiger charge is -2.19. The lowest BCUT2D eigenvalue weighted by atomic mass is 10.1. The average Bonchev–Trinajstić information content (AvgIpc) is 2.94. The Morgan fingerprint density at radius 2 is 2.14 bits per heavy atom. The van der Waals surface area contributed by atoms with Gasteiger partial charge in [-0.15, -0.1) is 0 Å². The van der Waals surface area contributed by atoms with Gasteiger partial charge >= 0.3 is 0 Å². The Balaban J connectivity index is 2.16. The van der Waals surface area contributed by atoms with Crippen LogP contribution in [0.2, 0.25) is 0 Å². The summed E-state index contributed by atoms with van der Waals surface area (Å²) in [6.45, 7) is 5.69. The molecule has 1 N–H and O–H groups in total. The second-order valence-electron chi connectivity index (χ2n) is 5.64. The molecule has 1 aliphatic rings. The molecule has 21 heavy (non-hydrogen) atoms. The van der Waals surface area contributed by atoms with Crippen LogP contribution in [0.4, 0.5) is 17.8 Å². The maximum absolute atomic E-state index is 5.25. The van der Waals surface area contributed by atoms with E-state index in [1.54, 1.807) is 7.11 Å². The highest BCUT2D eigenvalue weighted by molar-refractivity contribution is 5.45. The van der Waals surface area contributed by atoms with Crippen LogP contribution in [-0.2, 0) is 4.74 Å². The fraction of sp³-hybridized carbons (Fsp3) is 0.786. The van der Waals surface area contributed by atoms with Crippen molar-refractivity contribution in [2.75, 3.05) is 62.6 Å². The molecule has 1 atom stereocenters. The molecule has 7 heteroatoms. The normalized spacial score (nSPS) is 18.1. The first-order chi connectivity index (χ1) is 10.1. The first-order valence-corrected chi connectivity index (χ1v) is 7.55. The predicted octanol–water partition coefficient (Wildman–Crippen LogP) is 1.23. The SMILES string of the molecule is CCCNc1nc(N(C)C)nc(N2CCC(COC)C2)n1. The van der Waals surface area contributed by atoms with Crippen molar-refractivity contribution in [1.29, 1.82) is 0 Å². The molecule has 7 nitrogen and oxygen atoms in total. The highest BCUT2D eigenvalue weighted by Gasteiger charge is 2.25. The Bertz CT molecular complexity index is 453. The highest BCUT2D eigenvalue weighted by Crippen LogP contribution is 2.23. The minimum Gasteiger partial charge on any atom is -0.384 e. The summed E-state index contributed by atoms with van der Waals surface area (Å²) in [5.74, 6) is 2.65. The summed E-state index contributed by atoms with van der Waals surface area (Å²) in [6.07, 6.45) is 2.16. The van der Waals surface area contributed by atoms with Crippen LogP contribution < -0.4 is 15.1 Å². The molecule has 2 heterocycles. The summed E-state index contributed by atoms with van der Waals surface area (Å²) >= 11 is 0. The van der Waals surface area contributed by atoms with Gasteiger partial charge in [0.15, 0.2) is 0 Å². The molecule has 1 aliphatic heterocycles. The van der Waals surface area contributed by atoms with Crippen LogP contribution in [0.25, 0.3) is 0 Å². The minimum absolute atomic E-state index is 0.557. The summed E-state index contributed by atoms with van der Waals surface area (Å²) in [4.78, 5) is 17.7. The van der Waals surface area contributed by atoms with Gasteiger partial charge in [0.1, 0.15) is 0 Å². The number of methoxy groups -OCH3 is 1. The van der Waals surface area contributed by atoms with Gasteiger partial charge in [0.25, 0.3) is 0 Å². The molecule has 1 saturated heterocycles. The molecule has 0 spiro atoms. The van der Waals surface area contributed by atoms with E-state index in [0.717, 1.165) is 45.0 Å². The predicted molar refractivity (Wildman–Crippen MR) is 85.1 cm³/mol. The number of ether oxygens (including phenoxy) is 1. The van der Waals surface area contributed by atoms with E-state index in [9.17, 15) is 0 Å². The van der Waals surface area contributed by atoms with Crippen molar-refractivity contribution in [2.45, 2.75) is 19.8 Å². The van der Waals surface area contributed by atoms with Crippen LogP contribution in [0.15, 0.2) is 0 Å². The number of aromatic nitrogens is 3. The number of nitrogens with zero attached hydrogens (tertiary/aromatic N) is 5. The van der Waals surface area contributed by atoms with Crippen LogP contribution in [0.5, 0.6) is 0 Å². The molecule has 0 bridgehead atoms. The summed E-state index contributed by atoms with van der Waals surface area (Å²) in [7, 11) is 5.64. The second-order valence-corrected chi connectivity index (χ2v) is 5.64. The topological polar surface area (TPSA) is 66.4 Å². The smallest absolute Gasteiger partial charge is 0.231 e. The maximum Gasteiger partial charge on any atom is 0.231 e. The van der Waals surface area contributed by atoms with Crippen molar-refractivity contribution in [1.82, 2.24) is 15.0 Å². The van der Waals surface area contributed by atoms with Gasteiger partial charge in [0.2, 0.25) is 17.8 Å². The van der Waals surface area contributed by atoms with Crippen LogP contribution >= 0.6 is 0 Å². The molecule has 1 aromatic heterocycles. The van der Waals surface area contributed by atoms with Gasteiger partial charge in [0, 0.05) is 46.8 Å². The standard InChI is InChI=1S/C14H26N6O/c1-5-7-15-12-16-13(19(2)3)18-14(17-12)20-8-6-11(9-20)10-21-4/h11H,5-10H2,1-4H3,(H,15,16,17,18). The number of anilines is 3. The molecule has 0 aliphatic carbocycles. The van der Waals surface area contributed by atoms with E-state index in [1.807, 2.05) is 19.0 Å². The number of hydrogen-bond donors (Lipinski definition) is 1. The number of rotatable bonds is 7. The molecular weight excluding hydrogens is 268 g/mol. The van der Waals surface area contributed by atoms with E-state index < -0.39 is 0 Å². The van der Waals surface area contributed by atoms with Gasteiger partial charge in [-0.25, -0.2) is 0 Å². The summed E-state index contributed by atoms with van der Waals surface area (Å²) in [5.41, 5.74) is 0. The average molecular weight is 294 g/mol. The maximum atomic E-state index is 5.25. The third-order valence-electron chi connectivity index (χ3n) is 3.52. The minimum atomic E-state index is 0.557. The van der Waals surface area contributed by atoms with Gasteiger partial charge in [-0.2, -0.15) is 15.0 Å². The van der Waals surface area contributed by atoms with Gasteiger partial charge in [-0.1, -0.05) is 6.92 Å². The molecule has 1 unspecified atom stereocenters. The molecule has 2 rings (SSSR count). The Morgan fingerprint density at radius 1 is 1.33 bits per heavy atom. The lowest BCUT2D eigenvalue weighted by Crippen LogP contribution is -2.25. The Labute approximate surface area is 126 Å². The van der Waals surface area contributed by atoms with E-state index >= 15 is 0 Å². The summed E-state index contributed by atoms with van der Waals surface area (Å²) in [5, 5.41) is 3.25. The van der Waals surface area contributed by atoms with E-state index in [0.29, 0.717) is 17.8 Å². The van der Waals surface area contributed by atoms with Crippen LogP contribution in [-0.4, -0.2) is 62.4 Å². The molecule has 0 saturated carbocycles. The zero-order chi connectivity index (χ0) is 15.2. The molecule has 118 valence electrons. The van der Waals surface area contributed by atoms with Gasteiger partial charge < -0.3 is 19.9 Å². The second kappa shape index (κ2) is 7.40. The molecule has 1 aromatic rings. The largest absolute Gasteiger partial charge is 0.384 e. The molecular formula is C14H26N6O. The molecule has 0 amide bonds. The molecule has 0 aromatic carbocycles. The summed E-state index contributed by atoms with van der Waals surface area (Å²) < 4.78 is 5.25. The van der Waals surface area contributed by atoms with Crippen molar-refractivity contribution in [3.63, 3.8) is 0 Å². The van der Waals surface area contributed by atoms with Gasteiger partial charge in [-0.05, 0) is 12.8 Å². The van der Waals surface area contributed by atoms with Crippen molar-refractivity contribution < 1.29 is 4.74 Å². The van der Waals surface area contributed by atoms with Gasteiger partial charge in [0.05, 0.1) is 6.61 Å². The van der Waals surface area contributed by atoms with Crippen LogP contribution in [0, 0.1) is 5.92 Å².